The van der Waals surface area contributed by atoms with Crippen molar-refractivity contribution in [3.05, 3.63) is 0 Å². The molecule has 1 rings (SSSR count). The highest BCUT2D eigenvalue weighted by molar-refractivity contribution is 4.82. The van der Waals surface area contributed by atoms with Gasteiger partial charge in [-0.1, -0.05) is 74.1 Å². The number of hydrogen-bond donors (Lipinski definition) is 0. The normalized spacial score (nSPS) is 17.2. The summed E-state index contributed by atoms with van der Waals surface area (Å²) in [6.45, 7) is 15.2. The van der Waals surface area contributed by atoms with E-state index in [0.717, 1.165) is 11.3 Å². The van der Waals surface area contributed by atoms with E-state index < -0.39 is 0 Å². The van der Waals surface area contributed by atoms with Gasteiger partial charge in [0.25, 0.3) is 0 Å². The first-order valence-corrected chi connectivity index (χ1v) is 7.56. The van der Waals surface area contributed by atoms with Gasteiger partial charge in [0.1, 0.15) is 0 Å². The maximum atomic E-state index is 2.36. The molecule has 0 unspecified atom stereocenters. The fourth-order valence-electron chi connectivity index (χ4n) is 2.44. The highest BCUT2D eigenvalue weighted by Gasteiger charge is 2.30. The molecule has 0 heterocycles. The zero-order valence-electron chi connectivity index (χ0n) is 13.0. The zero-order chi connectivity index (χ0) is 13.0. The molecule has 1 aliphatic rings. The van der Waals surface area contributed by atoms with Gasteiger partial charge in [-0.3, -0.25) is 0 Å². The summed E-state index contributed by atoms with van der Waals surface area (Å²) >= 11 is 0. The highest BCUT2D eigenvalue weighted by atomic mass is 14.4. The van der Waals surface area contributed by atoms with Gasteiger partial charge < -0.3 is 0 Å². The second-order valence-electron chi connectivity index (χ2n) is 5.54. The molecule has 0 aromatic carbocycles. The van der Waals surface area contributed by atoms with Crippen LogP contribution in [0.15, 0.2) is 0 Å². The fraction of sp³-hybridized carbons (Fsp3) is 1.00. The van der Waals surface area contributed by atoms with Gasteiger partial charge in [-0.2, -0.15) is 0 Å². The predicted molar refractivity (Wildman–Crippen MR) is 78.0 cm³/mol. The first-order chi connectivity index (χ1) is 7.56. The zero-order valence-corrected chi connectivity index (χ0v) is 13.0. The van der Waals surface area contributed by atoms with Crippen molar-refractivity contribution in [1.29, 1.82) is 0 Å². The first kappa shape index (κ1) is 18.4. The third-order valence-electron chi connectivity index (χ3n) is 3.19. The molecule has 0 heteroatoms. The van der Waals surface area contributed by atoms with Crippen molar-refractivity contribution >= 4 is 0 Å². The molecule has 0 aliphatic heterocycles. The van der Waals surface area contributed by atoms with Gasteiger partial charge in [0, 0.05) is 0 Å². The molecule has 0 atom stereocenters. The summed E-state index contributed by atoms with van der Waals surface area (Å²) < 4.78 is 0. The van der Waals surface area contributed by atoms with Crippen LogP contribution in [-0.4, -0.2) is 0 Å². The molecule has 1 aliphatic carbocycles. The second kappa shape index (κ2) is 11.5. The molecule has 0 radical (unpaired) electrons. The van der Waals surface area contributed by atoms with Crippen LogP contribution in [0, 0.1) is 11.3 Å². The van der Waals surface area contributed by atoms with E-state index in [2.05, 4.69) is 34.6 Å². The molecule has 0 aromatic heterocycles. The average Bonchev–Trinajstić information content (AvgIpc) is 2.70. The van der Waals surface area contributed by atoms with Crippen molar-refractivity contribution in [2.24, 2.45) is 11.3 Å². The van der Waals surface area contributed by atoms with Gasteiger partial charge in [-0.15, -0.1) is 0 Å². The lowest BCUT2D eigenvalue weighted by atomic mass is 9.79. The minimum atomic E-state index is 0.786. The Bertz CT molecular complexity index is 115. The maximum Gasteiger partial charge on any atom is -0.0300 e. The smallest absolute Gasteiger partial charge is 0.0300 e. The van der Waals surface area contributed by atoms with E-state index >= 15 is 0 Å². The summed E-state index contributed by atoms with van der Waals surface area (Å²) in [6.07, 6.45) is 10.3. The molecular weight excluding hydrogens is 192 g/mol. The van der Waals surface area contributed by atoms with Crippen LogP contribution in [0.25, 0.3) is 0 Å². The van der Waals surface area contributed by atoms with E-state index in [4.69, 9.17) is 0 Å². The lowest BCUT2D eigenvalue weighted by Gasteiger charge is -2.26. The Labute approximate surface area is 105 Å². The van der Waals surface area contributed by atoms with Gasteiger partial charge in [-0.25, -0.2) is 0 Å². The van der Waals surface area contributed by atoms with Gasteiger partial charge in [0.15, 0.2) is 0 Å². The molecule has 0 saturated heterocycles. The molecule has 0 spiro atoms. The van der Waals surface area contributed by atoms with Crippen molar-refractivity contribution in [1.82, 2.24) is 0 Å². The van der Waals surface area contributed by atoms with Crippen LogP contribution in [0.1, 0.15) is 93.4 Å². The highest BCUT2D eigenvalue weighted by Crippen LogP contribution is 2.44. The molecule has 0 aromatic rings. The average molecular weight is 228 g/mol. The van der Waals surface area contributed by atoms with Crippen LogP contribution in [0.2, 0.25) is 0 Å². The van der Waals surface area contributed by atoms with Gasteiger partial charge in [-0.05, 0) is 30.6 Å². The van der Waals surface area contributed by atoms with E-state index in [9.17, 15) is 0 Å². The Kier molecular flexibility index (Phi) is 13.2. The molecule has 16 heavy (non-hydrogen) atoms. The van der Waals surface area contributed by atoms with Crippen LogP contribution >= 0.6 is 0 Å². The van der Waals surface area contributed by atoms with E-state index in [1.165, 1.54) is 44.9 Å². The van der Waals surface area contributed by atoms with Crippen LogP contribution in [-0.2, 0) is 0 Å². The Balaban J connectivity index is 0. The molecule has 0 nitrogen and oxygen atoms in total. The lowest BCUT2D eigenvalue weighted by molar-refractivity contribution is 0.257. The minimum absolute atomic E-state index is 0.786. The van der Waals surface area contributed by atoms with Crippen LogP contribution in [0.4, 0.5) is 0 Å². The van der Waals surface area contributed by atoms with Gasteiger partial charge in [0.05, 0.1) is 0 Å². The number of hydrogen-bond acceptors (Lipinski definition) is 0. The van der Waals surface area contributed by atoms with E-state index in [-0.39, 0.29) is 0 Å². The monoisotopic (exact) mass is 228 g/mol. The van der Waals surface area contributed by atoms with Crippen molar-refractivity contribution < 1.29 is 0 Å². The third-order valence-corrected chi connectivity index (χ3v) is 3.19. The predicted octanol–water partition coefficient (Wildman–Crippen LogP) is 6.45. The maximum absolute atomic E-state index is 2.36. The summed E-state index contributed by atoms with van der Waals surface area (Å²) in [5, 5.41) is 0. The third kappa shape index (κ3) is 9.24. The quantitative estimate of drug-likeness (QED) is 0.521. The largest absolute Gasteiger partial charge is 0.0683 e. The molecule has 1 fully saturated rings. The number of rotatable bonds is 3. The van der Waals surface area contributed by atoms with E-state index in [0.29, 0.717) is 0 Å². The van der Waals surface area contributed by atoms with Crippen LogP contribution < -0.4 is 0 Å². The van der Waals surface area contributed by atoms with Crippen molar-refractivity contribution in [2.45, 2.75) is 93.4 Å². The summed E-state index contributed by atoms with van der Waals surface area (Å²) in [7, 11) is 0. The van der Waals surface area contributed by atoms with Crippen molar-refractivity contribution in [2.75, 3.05) is 0 Å². The lowest BCUT2D eigenvalue weighted by Crippen LogP contribution is -2.13. The molecule has 0 amide bonds. The Hall–Kier alpha value is 0. The van der Waals surface area contributed by atoms with Crippen LogP contribution in [0.5, 0.6) is 0 Å². The van der Waals surface area contributed by atoms with Crippen molar-refractivity contribution in [3.63, 3.8) is 0 Å². The Morgan fingerprint density at radius 2 is 1.31 bits per heavy atom. The SMILES string of the molecule is CC.CC(C)C.CCCC1(CC)CCCC1. The standard InChI is InChI=1S/C10H20.C4H10.C2H6/c1-3-7-10(4-2)8-5-6-9-10;1-4(2)3;1-2/h3-9H2,1-2H3;4H,1-3H3;1-2H3. The molecule has 1 saturated carbocycles. The first-order valence-electron chi connectivity index (χ1n) is 7.56. The second-order valence-corrected chi connectivity index (χ2v) is 5.54. The molecule has 0 bridgehead atoms. The van der Waals surface area contributed by atoms with Gasteiger partial charge in [0.2, 0.25) is 0 Å². The van der Waals surface area contributed by atoms with Gasteiger partial charge >= 0.3 is 0 Å². The summed E-state index contributed by atoms with van der Waals surface area (Å²) in [6, 6.07) is 0. The molecular formula is C16H36. The minimum Gasteiger partial charge on any atom is -0.0683 e. The van der Waals surface area contributed by atoms with E-state index in [1.54, 1.807) is 0 Å². The fourth-order valence-corrected chi connectivity index (χ4v) is 2.44. The molecule has 100 valence electrons. The Morgan fingerprint density at radius 1 is 0.938 bits per heavy atom. The van der Waals surface area contributed by atoms with Crippen molar-refractivity contribution in [3.8, 4) is 0 Å². The molecule has 0 N–H and O–H groups in total. The summed E-state index contributed by atoms with van der Waals surface area (Å²) in [5.41, 5.74) is 0.786. The van der Waals surface area contributed by atoms with E-state index in [1.807, 2.05) is 13.8 Å². The summed E-state index contributed by atoms with van der Waals surface area (Å²) in [5.74, 6) is 0.833. The summed E-state index contributed by atoms with van der Waals surface area (Å²) in [4.78, 5) is 0. The Morgan fingerprint density at radius 3 is 1.56 bits per heavy atom. The van der Waals surface area contributed by atoms with Crippen LogP contribution in [0.3, 0.4) is 0 Å². The topological polar surface area (TPSA) is 0 Å².